The Hall–Kier alpha value is -1.39. The number of benzene rings is 1. The number of rotatable bonds is 17. The van der Waals surface area contributed by atoms with Gasteiger partial charge in [-0.05, 0) is 32.4 Å². The lowest BCUT2D eigenvalue weighted by molar-refractivity contribution is -0.967. The predicted molar refractivity (Wildman–Crippen MR) is 129 cm³/mol. The van der Waals surface area contributed by atoms with Gasteiger partial charge >= 0.3 is 0 Å². The summed E-state index contributed by atoms with van der Waals surface area (Å²) in [5, 5.41) is 3.01. The number of hydrogen-bond acceptors (Lipinski definition) is 2. The molecular formula is C26H48N3O+. The van der Waals surface area contributed by atoms with E-state index in [9.17, 15) is 4.79 Å². The van der Waals surface area contributed by atoms with Gasteiger partial charge in [0, 0.05) is 24.9 Å². The van der Waals surface area contributed by atoms with E-state index < -0.39 is 0 Å². The van der Waals surface area contributed by atoms with E-state index >= 15 is 0 Å². The Kier molecular flexibility index (Phi) is 13.0. The summed E-state index contributed by atoms with van der Waals surface area (Å²) in [7, 11) is 2.12. The zero-order valence-corrected chi connectivity index (χ0v) is 20.2. The van der Waals surface area contributed by atoms with E-state index in [0.717, 1.165) is 19.4 Å². The van der Waals surface area contributed by atoms with Gasteiger partial charge in [0.2, 0.25) is 0 Å². The van der Waals surface area contributed by atoms with Crippen molar-refractivity contribution in [3.05, 3.63) is 35.9 Å². The number of nitrogens with zero attached hydrogens (tertiary/aromatic N) is 1. The number of nitrogens with one attached hydrogen (secondary N) is 1. The van der Waals surface area contributed by atoms with Gasteiger partial charge < -0.3 is 5.32 Å². The number of quaternary nitrogens is 1. The predicted octanol–water partition coefficient (Wildman–Crippen LogP) is 6.22. The van der Waals surface area contributed by atoms with Gasteiger partial charge in [0.25, 0.3) is 5.91 Å². The van der Waals surface area contributed by atoms with E-state index in [0.29, 0.717) is 16.7 Å². The van der Waals surface area contributed by atoms with Gasteiger partial charge in [-0.3, -0.25) is 4.79 Å². The summed E-state index contributed by atoms with van der Waals surface area (Å²) >= 11 is 0. The zero-order valence-electron chi connectivity index (χ0n) is 20.2. The van der Waals surface area contributed by atoms with Crippen LogP contribution in [0.15, 0.2) is 30.3 Å². The molecule has 0 radical (unpaired) electrons. The highest BCUT2D eigenvalue weighted by Gasteiger charge is 2.36. The third kappa shape index (κ3) is 10.6. The van der Waals surface area contributed by atoms with E-state index in [-0.39, 0.29) is 11.4 Å². The van der Waals surface area contributed by atoms with Crippen LogP contribution < -0.4 is 11.2 Å². The van der Waals surface area contributed by atoms with E-state index in [4.69, 9.17) is 5.84 Å². The zero-order chi connectivity index (χ0) is 22.3. The summed E-state index contributed by atoms with van der Waals surface area (Å²) in [6, 6.07) is 9.38. The average molecular weight is 419 g/mol. The van der Waals surface area contributed by atoms with Crippen LogP contribution in [0.4, 0.5) is 0 Å². The second kappa shape index (κ2) is 14.6. The van der Waals surface area contributed by atoms with Crippen LogP contribution in [-0.2, 0) is 0 Å². The molecule has 1 rings (SSSR count). The lowest BCUT2D eigenvalue weighted by atomic mass is 9.93. The number of carbonyl (C=O) groups excluding carboxylic acids is 1. The second-order valence-electron chi connectivity index (χ2n) is 9.71. The van der Waals surface area contributed by atoms with Crippen LogP contribution in [0, 0.1) is 0 Å². The van der Waals surface area contributed by atoms with E-state index in [1.807, 2.05) is 30.3 Å². The topological polar surface area (TPSA) is 55.1 Å². The highest BCUT2D eigenvalue weighted by molar-refractivity contribution is 5.94. The number of amides is 1. The Balaban J connectivity index is 2.16. The Bertz CT molecular complexity index is 569. The minimum Gasteiger partial charge on any atom is -0.352 e. The summed E-state index contributed by atoms with van der Waals surface area (Å²) in [5.74, 6) is 6.66. The minimum atomic E-state index is -0.00792. The fourth-order valence-electron chi connectivity index (χ4n) is 3.90. The van der Waals surface area contributed by atoms with E-state index in [1.54, 1.807) is 0 Å². The molecule has 0 spiro atoms. The van der Waals surface area contributed by atoms with Crippen LogP contribution in [0.5, 0.6) is 0 Å². The molecule has 4 heteroatoms. The number of carbonyl (C=O) groups is 1. The standard InChI is InChI=1S/C26H47N3O/c1-5-6-7-8-9-10-11-12-13-17-21-26(2,3)29(4,27)23-18-22-28-25(30)24-19-15-14-16-20-24/h14-16,19-20H,5-13,17-18,21-23,27H2,1-4H3/p+1. The van der Waals surface area contributed by atoms with Gasteiger partial charge in [-0.25, -0.2) is 4.59 Å². The average Bonchev–Trinajstić information content (AvgIpc) is 2.73. The smallest absolute Gasteiger partial charge is 0.251 e. The molecule has 0 saturated heterocycles. The summed E-state index contributed by atoms with van der Waals surface area (Å²) in [5.41, 5.74) is 0.757. The van der Waals surface area contributed by atoms with Crippen LogP contribution >= 0.6 is 0 Å². The van der Waals surface area contributed by atoms with Crippen molar-refractivity contribution in [1.82, 2.24) is 5.32 Å². The molecule has 0 saturated carbocycles. The van der Waals surface area contributed by atoms with Crippen LogP contribution in [0.25, 0.3) is 0 Å². The molecule has 0 aliphatic heterocycles. The Morgan fingerprint density at radius 1 is 0.900 bits per heavy atom. The fraction of sp³-hybridized carbons (Fsp3) is 0.731. The van der Waals surface area contributed by atoms with Gasteiger partial charge in [-0.1, -0.05) is 82.9 Å². The number of unbranched alkanes of at least 4 members (excludes halogenated alkanes) is 9. The molecule has 0 aliphatic rings. The van der Waals surface area contributed by atoms with Gasteiger partial charge in [0.05, 0.1) is 13.6 Å². The maximum absolute atomic E-state index is 12.1. The van der Waals surface area contributed by atoms with E-state index in [1.165, 1.54) is 64.2 Å². The van der Waals surface area contributed by atoms with Crippen molar-refractivity contribution in [2.75, 3.05) is 20.1 Å². The molecular weight excluding hydrogens is 370 g/mol. The summed E-state index contributed by atoms with van der Waals surface area (Å²) in [6.07, 6.45) is 15.7. The molecule has 1 aromatic rings. The van der Waals surface area contributed by atoms with Crippen molar-refractivity contribution in [2.24, 2.45) is 5.84 Å². The molecule has 1 unspecified atom stereocenters. The lowest BCUT2D eigenvalue weighted by Crippen LogP contribution is -2.64. The third-order valence-corrected chi connectivity index (χ3v) is 6.65. The highest BCUT2D eigenvalue weighted by atomic mass is 16.1. The molecule has 30 heavy (non-hydrogen) atoms. The molecule has 1 atom stereocenters. The molecule has 0 aromatic heterocycles. The van der Waals surface area contributed by atoms with Gasteiger partial charge in [0.15, 0.2) is 0 Å². The van der Waals surface area contributed by atoms with Crippen LogP contribution in [0.1, 0.15) is 108 Å². The summed E-state index contributed by atoms with van der Waals surface area (Å²) < 4.78 is 0.506. The first-order chi connectivity index (χ1) is 14.3. The van der Waals surface area contributed by atoms with Crippen LogP contribution in [-0.4, -0.2) is 36.2 Å². The Labute approximate surface area is 186 Å². The van der Waals surface area contributed by atoms with Gasteiger partial charge in [-0.2, -0.15) is 5.84 Å². The fourth-order valence-corrected chi connectivity index (χ4v) is 3.90. The molecule has 0 heterocycles. The van der Waals surface area contributed by atoms with Crippen LogP contribution in [0.3, 0.4) is 0 Å². The first kappa shape index (κ1) is 26.6. The van der Waals surface area contributed by atoms with Crippen molar-refractivity contribution in [3.63, 3.8) is 0 Å². The van der Waals surface area contributed by atoms with Crippen molar-refractivity contribution in [1.29, 1.82) is 0 Å². The molecule has 3 N–H and O–H groups in total. The van der Waals surface area contributed by atoms with Crippen molar-refractivity contribution in [3.8, 4) is 0 Å². The number of nitrogens with two attached hydrogens (primary N) is 1. The van der Waals surface area contributed by atoms with E-state index in [2.05, 4.69) is 33.1 Å². The Morgan fingerprint density at radius 2 is 1.43 bits per heavy atom. The number of hydrogen-bond donors (Lipinski definition) is 2. The molecule has 0 fully saturated rings. The molecule has 0 aliphatic carbocycles. The van der Waals surface area contributed by atoms with Crippen molar-refractivity contribution < 1.29 is 9.39 Å². The first-order valence-corrected chi connectivity index (χ1v) is 12.3. The van der Waals surface area contributed by atoms with Crippen LogP contribution in [0.2, 0.25) is 0 Å². The lowest BCUT2D eigenvalue weighted by Gasteiger charge is -2.43. The van der Waals surface area contributed by atoms with Gasteiger partial charge in [-0.15, -0.1) is 0 Å². The third-order valence-electron chi connectivity index (χ3n) is 6.65. The quantitative estimate of drug-likeness (QED) is 0.137. The molecule has 4 nitrogen and oxygen atoms in total. The normalized spacial score (nSPS) is 13.8. The molecule has 1 amide bonds. The maximum atomic E-state index is 12.1. The molecule has 0 bridgehead atoms. The van der Waals surface area contributed by atoms with Crippen molar-refractivity contribution >= 4 is 5.91 Å². The van der Waals surface area contributed by atoms with Crippen molar-refractivity contribution in [2.45, 2.75) is 103 Å². The largest absolute Gasteiger partial charge is 0.352 e. The summed E-state index contributed by atoms with van der Waals surface area (Å²) in [4.78, 5) is 12.1. The van der Waals surface area contributed by atoms with Gasteiger partial charge in [0.1, 0.15) is 5.54 Å². The summed E-state index contributed by atoms with van der Waals surface area (Å²) in [6.45, 7) is 8.36. The second-order valence-corrected chi connectivity index (χ2v) is 9.71. The first-order valence-electron chi connectivity index (χ1n) is 12.3. The Morgan fingerprint density at radius 3 is 2.00 bits per heavy atom. The maximum Gasteiger partial charge on any atom is 0.251 e. The molecule has 1 aromatic carbocycles. The monoisotopic (exact) mass is 418 g/mol. The molecule has 172 valence electrons. The minimum absolute atomic E-state index is 0.00792. The highest BCUT2D eigenvalue weighted by Crippen LogP contribution is 2.25. The SMILES string of the molecule is CCCCCCCCCCCCC(C)(C)[N+](C)(N)CCCNC(=O)c1ccccc1.